The minimum absolute atomic E-state index is 0.207. The molecule has 1 N–H and O–H groups in total. The fraction of sp³-hybridized carbons (Fsp3) is 0.120. The van der Waals surface area contributed by atoms with Crippen molar-refractivity contribution in [1.29, 1.82) is 0 Å². The second kappa shape index (κ2) is 8.36. The lowest BCUT2D eigenvalue weighted by molar-refractivity contribution is -0.149. The molecule has 0 saturated heterocycles. The molecule has 34 heavy (non-hydrogen) atoms. The minimum Gasteiger partial charge on any atom is -0.482 e. The van der Waals surface area contributed by atoms with Crippen LogP contribution in [-0.2, 0) is 14.3 Å². The van der Waals surface area contributed by atoms with Gasteiger partial charge in [-0.1, -0.05) is 18.2 Å². The zero-order chi connectivity index (χ0) is 23.8. The lowest BCUT2D eigenvalue weighted by atomic mass is 10.1. The van der Waals surface area contributed by atoms with Crippen molar-refractivity contribution in [2.24, 2.45) is 0 Å². The van der Waals surface area contributed by atoms with E-state index in [9.17, 15) is 19.2 Å². The Kier molecular flexibility index (Phi) is 5.21. The summed E-state index contributed by atoms with van der Waals surface area (Å²) < 4.78 is 16.2. The van der Waals surface area contributed by atoms with Crippen LogP contribution < -0.4 is 10.1 Å². The summed E-state index contributed by atoms with van der Waals surface area (Å²) in [6.45, 7) is -0.909. The molecule has 0 saturated carbocycles. The van der Waals surface area contributed by atoms with Crippen molar-refractivity contribution in [3.05, 3.63) is 71.8 Å². The van der Waals surface area contributed by atoms with Gasteiger partial charge >= 0.3 is 5.97 Å². The van der Waals surface area contributed by atoms with Gasteiger partial charge < -0.3 is 19.2 Å². The van der Waals surface area contributed by atoms with Crippen molar-refractivity contribution < 1.29 is 33.1 Å². The Morgan fingerprint density at radius 3 is 2.50 bits per heavy atom. The van der Waals surface area contributed by atoms with Crippen LogP contribution in [0.1, 0.15) is 20.7 Å². The van der Waals surface area contributed by atoms with E-state index >= 15 is 0 Å². The Morgan fingerprint density at radius 1 is 0.882 bits per heavy atom. The molecule has 9 heteroatoms. The molecule has 1 aliphatic heterocycles. The first-order valence-corrected chi connectivity index (χ1v) is 10.4. The summed E-state index contributed by atoms with van der Waals surface area (Å²) in [4.78, 5) is 49.2. The third kappa shape index (κ3) is 3.83. The highest BCUT2D eigenvalue weighted by atomic mass is 16.6. The first-order chi connectivity index (χ1) is 16.4. The Balaban J connectivity index is 1.15. The van der Waals surface area contributed by atoms with E-state index in [1.165, 1.54) is 25.2 Å². The number of imide groups is 1. The van der Waals surface area contributed by atoms with Gasteiger partial charge in [0, 0.05) is 23.5 Å². The molecule has 0 radical (unpaired) electrons. The predicted octanol–water partition coefficient (Wildman–Crippen LogP) is 3.37. The quantitative estimate of drug-likeness (QED) is 0.348. The number of carbonyl (C=O) groups is 4. The highest BCUT2D eigenvalue weighted by Crippen LogP contribution is 2.31. The molecule has 2 heterocycles. The summed E-state index contributed by atoms with van der Waals surface area (Å²) >= 11 is 0. The summed E-state index contributed by atoms with van der Waals surface area (Å²) in [5.74, 6) is -1.69. The van der Waals surface area contributed by atoms with E-state index in [1.807, 2.05) is 24.3 Å². The Hall–Kier alpha value is -4.66. The average Bonchev–Trinajstić information content (AvgIpc) is 3.32. The van der Waals surface area contributed by atoms with Crippen LogP contribution in [-0.4, -0.2) is 48.9 Å². The number of hydrogen-bond donors (Lipinski definition) is 1. The van der Waals surface area contributed by atoms with Crippen LogP contribution in [0.3, 0.4) is 0 Å². The monoisotopic (exact) mass is 458 g/mol. The van der Waals surface area contributed by atoms with Crippen molar-refractivity contribution in [3.63, 3.8) is 0 Å². The molecule has 9 nitrogen and oxygen atoms in total. The number of carbonyl (C=O) groups excluding carboxylic acids is 4. The van der Waals surface area contributed by atoms with Crippen LogP contribution in [0, 0.1) is 0 Å². The van der Waals surface area contributed by atoms with Crippen molar-refractivity contribution in [3.8, 4) is 5.75 Å². The molecule has 170 valence electrons. The third-order valence-corrected chi connectivity index (χ3v) is 5.44. The molecule has 0 spiro atoms. The largest absolute Gasteiger partial charge is 0.482 e. The average molecular weight is 458 g/mol. The number of benzene rings is 3. The zero-order valence-electron chi connectivity index (χ0n) is 18.0. The van der Waals surface area contributed by atoms with Gasteiger partial charge in [-0.3, -0.25) is 19.3 Å². The number of esters is 1. The standard InChI is InChI=1S/C25H18N2O7/c1-27-24(30)17-8-6-14(10-19(17)25(27)31)26-22(28)12-33-23(29)13-32-15-7-9-21-18(11-15)16-4-2-3-5-20(16)34-21/h2-11H,12-13H2,1H3,(H,26,28). The third-order valence-electron chi connectivity index (χ3n) is 5.44. The maximum Gasteiger partial charge on any atom is 0.344 e. The molecule has 1 aromatic heterocycles. The van der Waals surface area contributed by atoms with Crippen LogP contribution in [0.15, 0.2) is 65.1 Å². The van der Waals surface area contributed by atoms with E-state index in [0.29, 0.717) is 17.0 Å². The second-order valence-electron chi connectivity index (χ2n) is 7.68. The number of fused-ring (bicyclic) bond motifs is 4. The summed E-state index contributed by atoms with van der Waals surface area (Å²) in [7, 11) is 1.39. The van der Waals surface area contributed by atoms with Crippen LogP contribution >= 0.6 is 0 Å². The van der Waals surface area contributed by atoms with E-state index < -0.39 is 30.3 Å². The maximum atomic E-state index is 12.1. The van der Waals surface area contributed by atoms with E-state index in [2.05, 4.69) is 5.32 Å². The number of furan rings is 1. The number of nitrogens with zero attached hydrogens (tertiary/aromatic N) is 1. The smallest absolute Gasteiger partial charge is 0.344 e. The lowest BCUT2D eigenvalue weighted by Gasteiger charge is -2.08. The molecular formula is C25H18N2O7. The molecule has 0 aliphatic carbocycles. The lowest BCUT2D eigenvalue weighted by Crippen LogP contribution is -2.24. The van der Waals surface area contributed by atoms with Crippen LogP contribution in [0.25, 0.3) is 21.9 Å². The van der Waals surface area contributed by atoms with Crippen molar-refractivity contribution in [2.45, 2.75) is 0 Å². The fourth-order valence-corrected chi connectivity index (χ4v) is 3.76. The molecule has 0 unspecified atom stereocenters. The number of amides is 3. The van der Waals surface area contributed by atoms with E-state index in [4.69, 9.17) is 13.9 Å². The summed E-state index contributed by atoms with van der Waals surface area (Å²) in [6, 6.07) is 17.2. The Bertz CT molecular complexity index is 1490. The van der Waals surface area contributed by atoms with Crippen molar-refractivity contribution in [1.82, 2.24) is 4.90 Å². The molecule has 4 aromatic rings. The second-order valence-corrected chi connectivity index (χ2v) is 7.68. The molecule has 3 amide bonds. The maximum absolute atomic E-state index is 12.1. The topological polar surface area (TPSA) is 115 Å². The summed E-state index contributed by atoms with van der Waals surface area (Å²) in [5.41, 5.74) is 2.25. The molecule has 0 bridgehead atoms. The van der Waals surface area contributed by atoms with Gasteiger partial charge in [0.25, 0.3) is 17.7 Å². The van der Waals surface area contributed by atoms with Gasteiger partial charge in [0.05, 0.1) is 11.1 Å². The van der Waals surface area contributed by atoms with Crippen LogP contribution in [0.2, 0.25) is 0 Å². The fourth-order valence-electron chi connectivity index (χ4n) is 3.76. The van der Waals surface area contributed by atoms with Gasteiger partial charge in [-0.25, -0.2) is 4.79 Å². The highest BCUT2D eigenvalue weighted by molar-refractivity contribution is 6.21. The normalized spacial score (nSPS) is 12.8. The van der Waals surface area contributed by atoms with Crippen molar-refractivity contribution in [2.75, 3.05) is 25.6 Å². The molecule has 0 atom stereocenters. The van der Waals surface area contributed by atoms with E-state index in [1.54, 1.807) is 18.2 Å². The molecule has 1 aliphatic rings. The number of ether oxygens (including phenoxy) is 2. The number of para-hydroxylation sites is 1. The molecular weight excluding hydrogens is 440 g/mol. The van der Waals surface area contributed by atoms with Crippen LogP contribution in [0.5, 0.6) is 5.75 Å². The first kappa shape index (κ1) is 21.2. The number of anilines is 1. The first-order valence-electron chi connectivity index (χ1n) is 10.4. The molecule has 5 rings (SSSR count). The number of nitrogens with one attached hydrogen (secondary N) is 1. The van der Waals surface area contributed by atoms with Gasteiger partial charge in [-0.15, -0.1) is 0 Å². The van der Waals surface area contributed by atoms with Gasteiger partial charge in [0.15, 0.2) is 13.2 Å². The summed E-state index contributed by atoms with van der Waals surface area (Å²) in [5, 5.41) is 4.33. The van der Waals surface area contributed by atoms with Gasteiger partial charge in [0.2, 0.25) is 0 Å². The van der Waals surface area contributed by atoms with E-state index in [0.717, 1.165) is 21.3 Å². The molecule has 3 aromatic carbocycles. The minimum atomic E-state index is -0.719. The summed E-state index contributed by atoms with van der Waals surface area (Å²) in [6.07, 6.45) is 0. The number of hydrogen-bond acceptors (Lipinski definition) is 7. The number of rotatable bonds is 6. The van der Waals surface area contributed by atoms with Gasteiger partial charge in [-0.05, 0) is 42.5 Å². The Morgan fingerprint density at radius 2 is 1.65 bits per heavy atom. The SMILES string of the molecule is CN1C(=O)c2ccc(NC(=O)COC(=O)COc3ccc4oc5ccccc5c4c3)cc2C1=O. The van der Waals surface area contributed by atoms with E-state index in [-0.39, 0.29) is 17.7 Å². The van der Waals surface area contributed by atoms with Crippen LogP contribution in [0.4, 0.5) is 5.69 Å². The highest BCUT2D eigenvalue weighted by Gasteiger charge is 2.32. The predicted molar refractivity (Wildman–Crippen MR) is 122 cm³/mol. The Labute approximate surface area is 192 Å². The zero-order valence-corrected chi connectivity index (χ0v) is 18.0. The van der Waals surface area contributed by atoms with Crippen molar-refractivity contribution >= 4 is 51.3 Å². The molecule has 0 fully saturated rings. The van der Waals surface area contributed by atoms with Gasteiger partial charge in [-0.2, -0.15) is 0 Å². The van der Waals surface area contributed by atoms with Gasteiger partial charge in [0.1, 0.15) is 16.9 Å².